The van der Waals surface area contributed by atoms with Crippen molar-refractivity contribution in [3.05, 3.63) is 28.8 Å². The molecule has 1 aromatic carbocycles. The smallest absolute Gasteiger partial charge is 0.223 e. The Balaban J connectivity index is 1.57. The van der Waals surface area contributed by atoms with Crippen LogP contribution in [0.3, 0.4) is 0 Å². The summed E-state index contributed by atoms with van der Waals surface area (Å²) in [6.45, 7) is 1.71. The minimum absolute atomic E-state index is 0.230. The SMILES string of the molecule is N#Cc1cc(Cl)ccc1N1CCC(NC(=O)C2CCC2)CC1. The topological polar surface area (TPSA) is 56.1 Å². The second-order valence-electron chi connectivity index (χ2n) is 6.17. The first kappa shape index (κ1) is 15.2. The largest absolute Gasteiger partial charge is 0.370 e. The number of hydrogen-bond acceptors (Lipinski definition) is 3. The van der Waals surface area contributed by atoms with Gasteiger partial charge in [0.2, 0.25) is 5.91 Å². The Morgan fingerprint density at radius 1 is 1.27 bits per heavy atom. The van der Waals surface area contributed by atoms with Gasteiger partial charge in [0.25, 0.3) is 0 Å². The first-order valence-electron chi connectivity index (χ1n) is 7.92. The summed E-state index contributed by atoms with van der Waals surface area (Å²) in [5, 5.41) is 13.0. The number of carbonyl (C=O) groups is 1. The molecule has 4 nitrogen and oxygen atoms in total. The second-order valence-corrected chi connectivity index (χ2v) is 6.61. The summed E-state index contributed by atoms with van der Waals surface area (Å²) in [6, 6.07) is 7.92. The molecule has 0 atom stereocenters. The summed E-state index contributed by atoms with van der Waals surface area (Å²) in [4.78, 5) is 14.2. The third-order valence-corrected chi connectivity index (χ3v) is 4.97. The number of halogens is 1. The Morgan fingerprint density at radius 2 is 2.00 bits per heavy atom. The van der Waals surface area contributed by atoms with Crippen LogP contribution in [0.1, 0.15) is 37.7 Å². The molecule has 1 saturated heterocycles. The van der Waals surface area contributed by atoms with E-state index in [1.165, 1.54) is 6.42 Å². The highest BCUT2D eigenvalue weighted by molar-refractivity contribution is 6.30. The summed E-state index contributed by atoms with van der Waals surface area (Å²) in [5.74, 6) is 0.480. The lowest BCUT2D eigenvalue weighted by Crippen LogP contribution is -2.47. The molecule has 0 radical (unpaired) electrons. The Bertz CT molecular complexity index is 598. The molecule has 3 rings (SSSR count). The van der Waals surface area contributed by atoms with E-state index in [9.17, 15) is 10.1 Å². The molecule has 2 fully saturated rings. The molecule has 1 N–H and O–H groups in total. The lowest BCUT2D eigenvalue weighted by atomic mass is 9.84. The van der Waals surface area contributed by atoms with E-state index in [0.29, 0.717) is 10.6 Å². The normalized spacial score (nSPS) is 19.4. The fourth-order valence-electron chi connectivity index (χ4n) is 3.13. The molecule has 116 valence electrons. The van der Waals surface area contributed by atoms with Gasteiger partial charge in [-0.05, 0) is 43.9 Å². The number of rotatable bonds is 3. The van der Waals surface area contributed by atoms with Crippen LogP contribution in [0.2, 0.25) is 5.02 Å². The van der Waals surface area contributed by atoms with Crippen LogP contribution in [0, 0.1) is 17.2 Å². The second kappa shape index (κ2) is 6.58. The number of anilines is 1. The maximum Gasteiger partial charge on any atom is 0.223 e. The molecule has 1 aromatic rings. The standard InChI is InChI=1S/C17H20ClN3O/c18-14-4-5-16(13(10-14)11-19)21-8-6-15(7-9-21)20-17(22)12-2-1-3-12/h4-5,10,12,15H,1-3,6-9H2,(H,20,22). The summed E-state index contributed by atoms with van der Waals surface area (Å²) >= 11 is 5.95. The van der Waals surface area contributed by atoms with Gasteiger partial charge in [-0.1, -0.05) is 18.0 Å². The zero-order chi connectivity index (χ0) is 15.5. The van der Waals surface area contributed by atoms with Crippen molar-refractivity contribution >= 4 is 23.2 Å². The van der Waals surface area contributed by atoms with Crippen LogP contribution in [0.15, 0.2) is 18.2 Å². The van der Waals surface area contributed by atoms with Crippen molar-refractivity contribution < 1.29 is 4.79 Å². The van der Waals surface area contributed by atoms with E-state index in [1.807, 2.05) is 12.1 Å². The average molecular weight is 318 g/mol. The van der Waals surface area contributed by atoms with Crippen molar-refractivity contribution in [3.8, 4) is 6.07 Å². The molecule has 1 heterocycles. The van der Waals surface area contributed by atoms with E-state index in [1.54, 1.807) is 6.07 Å². The number of benzene rings is 1. The molecule has 1 saturated carbocycles. The van der Waals surface area contributed by atoms with Gasteiger partial charge >= 0.3 is 0 Å². The van der Waals surface area contributed by atoms with Crippen molar-refractivity contribution in [2.45, 2.75) is 38.1 Å². The highest BCUT2D eigenvalue weighted by Gasteiger charge is 2.28. The molecular formula is C17H20ClN3O. The van der Waals surface area contributed by atoms with Gasteiger partial charge in [0, 0.05) is 30.1 Å². The number of nitriles is 1. The van der Waals surface area contributed by atoms with Gasteiger partial charge in [0.05, 0.1) is 11.3 Å². The molecule has 0 unspecified atom stereocenters. The number of carbonyl (C=O) groups excluding carboxylic acids is 1. The van der Waals surface area contributed by atoms with Crippen LogP contribution in [-0.4, -0.2) is 25.0 Å². The van der Waals surface area contributed by atoms with Crippen LogP contribution in [-0.2, 0) is 4.79 Å². The van der Waals surface area contributed by atoms with E-state index in [0.717, 1.165) is 44.5 Å². The number of nitrogens with one attached hydrogen (secondary N) is 1. The Hall–Kier alpha value is -1.73. The van der Waals surface area contributed by atoms with Crippen LogP contribution < -0.4 is 10.2 Å². The van der Waals surface area contributed by atoms with E-state index in [4.69, 9.17) is 11.6 Å². The zero-order valence-electron chi connectivity index (χ0n) is 12.5. The van der Waals surface area contributed by atoms with Gasteiger partial charge in [-0.25, -0.2) is 0 Å². The maximum atomic E-state index is 12.0. The highest BCUT2D eigenvalue weighted by Crippen LogP contribution is 2.28. The van der Waals surface area contributed by atoms with E-state index >= 15 is 0 Å². The molecule has 5 heteroatoms. The van der Waals surface area contributed by atoms with Crippen LogP contribution in [0.5, 0.6) is 0 Å². The summed E-state index contributed by atoms with van der Waals surface area (Å²) in [7, 11) is 0. The van der Waals surface area contributed by atoms with Crippen LogP contribution >= 0.6 is 11.6 Å². The van der Waals surface area contributed by atoms with E-state index < -0.39 is 0 Å². The lowest BCUT2D eigenvalue weighted by Gasteiger charge is -2.35. The maximum absolute atomic E-state index is 12.0. The summed E-state index contributed by atoms with van der Waals surface area (Å²) in [6.07, 6.45) is 5.11. The fourth-order valence-corrected chi connectivity index (χ4v) is 3.30. The lowest BCUT2D eigenvalue weighted by molar-refractivity contribution is -0.128. The van der Waals surface area contributed by atoms with E-state index in [-0.39, 0.29) is 17.9 Å². The number of nitrogens with zero attached hydrogens (tertiary/aromatic N) is 2. The minimum atomic E-state index is 0.230. The minimum Gasteiger partial charge on any atom is -0.370 e. The van der Waals surface area contributed by atoms with Crippen molar-refractivity contribution in [2.75, 3.05) is 18.0 Å². The Kier molecular flexibility index (Phi) is 4.54. The number of amides is 1. The molecule has 1 amide bonds. The first-order chi connectivity index (χ1) is 10.7. The van der Waals surface area contributed by atoms with Gasteiger partial charge in [-0.15, -0.1) is 0 Å². The van der Waals surface area contributed by atoms with Gasteiger partial charge < -0.3 is 10.2 Å². The number of piperidine rings is 1. The Morgan fingerprint density at radius 3 is 2.59 bits per heavy atom. The summed E-state index contributed by atoms with van der Waals surface area (Å²) in [5.41, 5.74) is 1.56. The predicted molar refractivity (Wildman–Crippen MR) is 86.9 cm³/mol. The van der Waals surface area contributed by atoms with Gasteiger partial charge in [0.1, 0.15) is 6.07 Å². The van der Waals surface area contributed by atoms with E-state index in [2.05, 4.69) is 16.3 Å². The first-order valence-corrected chi connectivity index (χ1v) is 8.30. The third kappa shape index (κ3) is 3.20. The van der Waals surface area contributed by atoms with Crippen LogP contribution in [0.4, 0.5) is 5.69 Å². The third-order valence-electron chi connectivity index (χ3n) is 4.74. The van der Waals surface area contributed by atoms with Crippen LogP contribution in [0.25, 0.3) is 0 Å². The predicted octanol–water partition coefficient (Wildman–Crippen LogP) is 3.10. The molecule has 2 aliphatic rings. The highest BCUT2D eigenvalue weighted by atomic mass is 35.5. The zero-order valence-corrected chi connectivity index (χ0v) is 13.3. The van der Waals surface area contributed by atoms with Crippen molar-refractivity contribution in [1.29, 1.82) is 5.26 Å². The van der Waals surface area contributed by atoms with Crippen molar-refractivity contribution in [1.82, 2.24) is 5.32 Å². The van der Waals surface area contributed by atoms with Gasteiger partial charge in [-0.2, -0.15) is 5.26 Å². The number of hydrogen-bond donors (Lipinski definition) is 1. The van der Waals surface area contributed by atoms with Crippen molar-refractivity contribution in [3.63, 3.8) is 0 Å². The van der Waals surface area contributed by atoms with Gasteiger partial charge in [0.15, 0.2) is 0 Å². The van der Waals surface area contributed by atoms with Gasteiger partial charge in [-0.3, -0.25) is 4.79 Å². The quantitative estimate of drug-likeness (QED) is 0.932. The monoisotopic (exact) mass is 317 g/mol. The molecule has 1 aliphatic carbocycles. The fraction of sp³-hybridized carbons (Fsp3) is 0.529. The molecule has 0 spiro atoms. The Labute approximate surface area is 136 Å². The average Bonchev–Trinajstić information content (AvgIpc) is 2.46. The molecular weight excluding hydrogens is 298 g/mol. The molecule has 1 aliphatic heterocycles. The summed E-state index contributed by atoms with van der Waals surface area (Å²) < 4.78 is 0. The molecule has 0 aromatic heterocycles. The van der Waals surface area contributed by atoms with Crippen molar-refractivity contribution in [2.24, 2.45) is 5.92 Å². The molecule has 22 heavy (non-hydrogen) atoms. The molecule has 0 bridgehead atoms.